The van der Waals surface area contributed by atoms with Gasteiger partial charge in [-0.3, -0.25) is 10.0 Å². The van der Waals surface area contributed by atoms with Crippen LogP contribution in [-0.2, 0) is 19.4 Å². The van der Waals surface area contributed by atoms with Crippen molar-refractivity contribution in [3.63, 3.8) is 0 Å². The summed E-state index contributed by atoms with van der Waals surface area (Å²) in [6.45, 7) is 2.08. The summed E-state index contributed by atoms with van der Waals surface area (Å²) in [5, 5.41) is 7.92. The molecule has 0 spiro atoms. The summed E-state index contributed by atoms with van der Waals surface area (Å²) in [7, 11) is -3.60. The Bertz CT molecular complexity index is 732. The molecule has 2 N–H and O–H groups in total. The number of sulfone groups is 1. The van der Waals surface area contributed by atoms with Gasteiger partial charge in [0.1, 0.15) is 18.5 Å². The molecule has 2 unspecified atom stereocenters. The zero-order chi connectivity index (χ0) is 17.6. The summed E-state index contributed by atoms with van der Waals surface area (Å²) >= 11 is 0. The van der Waals surface area contributed by atoms with Crippen LogP contribution >= 0.6 is 0 Å². The number of ether oxygens (including phenoxy) is 2. The van der Waals surface area contributed by atoms with Crippen molar-refractivity contribution in [1.82, 2.24) is 5.48 Å². The van der Waals surface area contributed by atoms with Crippen molar-refractivity contribution in [2.24, 2.45) is 0 Å². The third kappa shape index (κ3) is 4.26. The average Bonchev–Trinajstić information content (AvgIpc) is 2.62. The molecule has 2 atom stereocenters. The molecule has 0 aliphatic carbocycles. The minimum atomic E-state index is -3.60. The molecule has 1 heterocycles. The Morgan fingerprint density at radius 2 is 2.12 bits per heavy atom. The molecule has 0 saturated carbocycles. The molecule has 0 radical (unpaired) electrons. The van der Waals surface area contributed by atoms with Crippen molar-refractivity contribution in [2.75, 3.05) is 13.2 Å². The highest BCUT2D eigenvalue weighted by molar-refractivity contribution is 7.92. The van der Waals surface area contributed by atoms with Gasteiger partial charge in [-0.25, -0.2) is 13.9 Å². The predicted molar refractivity (Wildman–Crippen MR) is 85.3 cm³/mol. The summed E-state index contributed by atoms with van der Waals surface area (Å²) < 4.78 is 36.0. The molecule has 130 valence electrons. The lowest BCUT2D eigenvalue weighted by atomic mass is 10.1. The van der Waals surface area contributed by atoms with Gasteiger partial charge in [0, 0.05) is 6.61 Å². The van der Waals surface area contributed by atoms with Gasteiger partial charge in [-0.05, 0) is 44.0 Å². The number of nitrogens with one attached hydrogen (secondary N) is 1. The lowest BCUT2D eigenvalue weighted by Crippen LogP contribution is -2.43. The molecule has 1 saturated heterocycles. The van der Waals surface area contributed by atoms with E-state index in [1.54, 1.807) is 19.1 Å². The molecule has 1 aromatic rings. The molecule has 1 aliphatic heterocycles. The fourth-order valence-electron chi connectivity index (χ4n) is 2.41. The van der Waals surface area contributed by atoms with E-state index in [4.69, 9.17) is 14.7 Å². The zero-order valence-electron chi connectivity index (χ0n) is 13.2. The summed E-state index contributed by atoms with van der Waals surface area (Å²) in [6, 6.07) is 6.09. The highest BCUT2D eigenvalue weighted by Crippen LogP contribution is 2.27. The summed E-state index contributed by atoms with van der Waals surface area (Å²) in [4.78, 5) is 11.6. The van der Waals surface area contributed by atoms with Gasteiger partial charge in [0.25, 0.3) is 5.91 Å². The molecule has 24 heavy (non-hydrogen) atoms. The monoisotopic (exact) mass is 353 g/mol. The maximum atomic E-state index is 12.7. The maximum Gasteiger partial charge on any atom is 0.272 e. The Morgan fingerprint density at radius 1 is 1.42 bits per heavy atom. The number of carbonyl (C=O) groups is 1. The van der Waals surface area contributed by atoms with Gasteiger partial charge in [-0.2, -0.15) is 0 Å². The number of rotatable bonds is 5. The van der Waals surface area contributed by atoms with E-state index >= 15 is 0 Å². The molecule has 1 aliphatic rings. The van der Waals surface area contributed by atoms with Crippen LogP contribution in [0.4, 0.5) is 0 Å². The molecule has 7 nitrogen and oxygen atoms in total. The number of benzene rings is 1. The largest absolute Gasteiger partial charge is 0.481 e. The number of carbonyl (C=O) groups excluding carboxylic acids is 1. The van der Waals surface area contributed by atoms with E-state index in [1.165, 1.54) is 17.6 Å². The first-order valence-corrected chi connectivity index (χ1v) is 8.95. The first-order valence-electron chi connectivity index (χ1n) is 7.41. The quantitative estimate of drug-likeness (QED) is 0.464. The fraction of sp³-hybridized carbons (Fsp3) is 0.438. The van der Waals surface area contributed by atoms with Crippen LogP contribution in [0.15, 0.2) is 29.2 Å². The van der Waals surface area contributed by atoms with Crippen molar-refractivity contribution in [3.8, 4) is 17.6 Å². The van der Waals surface area contributed by atoms with Gasteiger partial charge >= 0.3 is 0 Å². The first kappa shape index (κ1) is 18.3. The standard InChI is InChI=1S/C16H19NO6S/c1-2-3-9-22-12-4-6-13(7-5-12)24(20,21)14-8-10-23-15(11-14)16(18)17-19/h4-7,14-15,19H,8-11H2,1H3,(H,17,18). The van der Waals surface area contributed by atoms with Gasteiger partial charge in [0.05, 0.1) is 10.1 Å². The van der Waals surface area contributed by atoms with Crippen LogP contribution < -0.4 is 10.2 Å². The van der Waals surface area contributed by atoms with Crippen LogP contribution in [0.25, 0.3) is 0 Å². The molecule has 0 aromatic heterocycles. The summed E-state index contributed by atoms with van der Waals surface area (Å²) in [6.07, 6.45) is -0.681. The molecule has 1 fully saturated rings. The second-order valence-electron chi connectivity index (χ2n) is 5.21. The van der Waals surface area contributed by atoms with E-state index in [-0.39, 0.29) is 24.5 Å². The van der Waals surface area contributed by atoms with Gasteiger partial charge in [-0.15, -0.1) is 5.92 Å². The number of hydrogen-bond acceptors (Lipinski definition) is 6. The van der Waals surface area contributed by atoms with Crippen molar-refractivity contribution in [3.05, 3.63) is 24.3 Å². The number of hydroxylamine groups is 1. The minimum absolute atomic E-state index is 0.000925. The van der Waals surface area contributed by atoms with Crippen molar-refractivity contribution in [1.29, 1.82) is 0 Å². The molecular weight excluding hydrogens is 334 g/mol. The van der Waals surface area contributed by atoms with Crippen LogP contribution in [0.2, 0.25) is 0 Å². The van der Waals surface area contributed by atoms with Crippen LogP contribution in [0.3, 0.4) is 0 Å². The van der Waals surface area contributed by atoms with Gasteiger partial charge < -0.3 is 9.47 Å². The SMILES string of the molecule is CC#CCOc1ccc(S(=O)(=O)C2CCOC(C(=O)NO)C2)cc1. The van der Waals surface area contributed by atoms with E-state index in [1.807, 2.05) is 0 Å². The van der Waals surface area contributed by atoms with Gasteiger partial charge in [0.15, 0.2) is 9.84 Å². The van der Waals surface area contributed by atoms with E-state index < -0.39 is 27.1 Å². The molecule has 0 bridgehead atoms. The van der Waals surface area contributed by atoms with Gasteiger partial charge in [0.2, 0.25) is 0 Å². The van der Waals surface area contributed by atoms with Gasteiger partial charge in [-0.1, -0.05) is 5.92 Å². The Balaban J connectivity index is 2.11. The zero-order valence-corrected chi connectivity index (χ0v) is 14.0. The van der Waals surface area contributed by atoms with Crippen molar-refractivity contribution >= 4 is 15.7 Å². The maximum absolute atomic E-state index is 12.7. The lowest BCUT2D eigenvalue weighted by molar-refractivity contribution is -0.143. The van der Waals surface area contributed by atoms with E-state index in [2.05, 4.69) is 11.8 Å². The Morgan fingerprint density at radius 3 is 2.75 bits per heavy atom. The Hall–Kier alpha value is -2.08. The number of amides is 1. The molecule has 2 rings (SSSR count). The smallest absolute Gasteiger partial charge is 0.272 e. The summed E-state index contributed by atoms with van der Waals surface area (Å²) in [5.41, 5.74) is 1.49. The van der Waals surface area contributed by atoms with E-state index in [0.29, 0.717) is 12.2 Å². The second kappa shape index (κ2) is 8.15. The topological polar surface area (TPSA) is 102 Å². The van der Waals surface area contributed by atoms with Crippen LogP contribution in [0.1, 0.15) is 19.8 Å². The third-order valence-electron chi connectivity index (χ3n) is 3.72. The fourth-order valence-corrected chi connectivity index (χ4v) is 4.15. The second-order valence-corrected chi connectivity index (χ2v) is 7.44. The predicted octanol–water partition coefficient (Wildman–Crippen LogP) is 0.915. The highest BCUT2D eigenvalue weighted by Gasteiger charge is 2.36. The summed E-state index contributed by atoms with van der Waals surface area (Å²) in [5.74, 6) is 5.24. The number of hydrogen-bond donors (Lipinski definition) is 2. The molecule has 8 heteroatoms. The van der Waals surface area contributed by atoms with Crippen molar-refractivity contribution < 1.29 is 27.9 Å². The Labute approximate surface area is 140 Å². The first-order chi connectivity index (χ1) is 11.5. The average molecular weight is 353 g/mol. The van der Waals surface area contributed by atoms with Crippen LogP contribution in [-0.4, -0.2) is 44.1 Å². The lowest BCUT2D eigenvalue weighted by Gasteiger charge is -2.27. The van der Waals surface area contributed by atoms with Crippen LogP contribution in [0, 0.1) is 11.8 Å². The van der Waals surface area contributed by atoms with E-state index in [9.17, 15) is 13.2 Å². The van der Waals surface area contributed by atoms with Crippen LogP contribution in [0.5, 0.6) is 5.75 Å². The molecular formula is C16H19NO6S. The molecule has 1 aromatic carbocycles. The third-order valence-corrected chi connectivity index (χ3v) is 5.95. The molecule has 1 amide bonds. The Kier molecular flexibility index (Phi) is 6.20. The van der Waals surface area contributed by atoms with Crippen molar-refractivity contribution in [2.45, 2.75) is 36.0 Å². The highest BCUT2D eigenvalue weighted by atomic mass is 32.2. The minimum Gasteiger partial charge on any atom is -0.481 e. The van der Waals surface area contributed by atoms with E-state index in [0.717, 1.165) is 0 Å². The normalized spacial score (nSPS) is 20.6.